The average Bonchev–Trinajstić information content (AvgIpc) is 2.80. The summed E-state index contributed by atoms with van der Waals surface area (Å²) in [5.74, 6) is 1.64. The van der Waals surface area contributed by atoms with Gasteiger partial charge in [-0.3, -0.25) is 9.88 Å². The van der Waals surface area contributed by atoms with Gasteiger partial charge in [0.15, 0.2) is 11.6 Å². The molecule has 0 bridgehead atoms. The molecule has 2 aliphatic rings. The van der Waals surface area contributed by atoms with Crippen LogP contribution in [-0.4, -0.2) is 89.4 Å². The zero-order valence-corrected chi connectivity index (χ0v) is 17.9. The lowest BCUT2D eigenvalue weighted by molar-refractivity contribution is 0.122. The third-order valence-corrected chi connectivity index (χ3v) is 5.99. The van der Waals surface area contributed by atoms with Gasteiger partial charge in [0, 0.05) is 57.6 Å². The van der Waals surface area contributed by atoms with Crippen molar-refractivity contribution in [3.63, 3.8) is 0 Å². The molecule has 8 nitrogen and oxygen atoms in total. The summed E-state index contributed by atoms with van der Waals surface area (Å²) in [6, 6.07) is 9.23. The molecule has 5 rings (SSSR count). The number of pyridine rings is 1. The van der Waals surface area contributed by atoms with Crippen LogP contribution in [0.3, 0.4) is 0 Å². The zero-order valence-electron chi connectivity index (χ0n) is 17.9. The van der Waals surface area contributed by atoms with Gasteiger partial charge in [-0.1, -0.05) is 12.1 Å². The number of phenols is 1. The molecule has 4 heterocycles. The van der Waals surface area contributed by atoms with Crippen LogP contribution in [0.1, 0.15) is 5.56 Å². The molecule has 0 unspecified atom stereocenters. The number of hydrogen-bond donors (Lipinski definition) is 1. The van der Waals surface area contributed by atoms with E-state index in [1.54, 1.807) is 12.1 Å². The van der Waals surface area contributed by atoms with Crippen molar-refractivity contribution in [3.8, 4) is 17.1 Å². The van der Waals surface area contributed by atoms with E-state index in [1.165, 1.54) is 0 Å². The van der Waals surface area contributed by atoms with Gasteiger partial charge in [-0.15, -0.1) is 0 Å². The van der Waals surface area contributed by atoms with Crippen LogP contribution in [-0.2, 0) is 11.3 Å². The Morgan fingerprint density at radius 2 is 1.81 bits per heavy atom. The van der Waals surface area contributed by atoms with Gasteiger partial charge in [-0.05, 0) is 30.8 Å². The van der Waals surface area contributed by atoms with E-state index in [4.69, 9.17) is 19.7 Å². The Hall–Kier alpha value is -2.81. The van der Waals surface area contributed by atoms with Gasteiger partial charge in [0.25, 0.3) is 0 Å². The van der Waals surface area contributed by atoms with Crippen LogP contribution in [0.2, 0.25) is 0 Å². The van der Waals surface area contributed by atoms with E-state index in [0.29, 0.717) is 19.0 Å². The molecule has 1 N–H and O–H groups in total. The van der Waals surface area contributed by atoms with Crippen molar-refractivity contribution in [2.24, 2.45) is 0 Å². The van der Waals surface area contributed by atoms with Crippen molar-refractivity contribution in [2.45, 2.75) is 6.54 Å². The van der Waals surface area contributed by atoms with Crippen molar-refractivity contribution < 1.29 is 9.84 Å². The van der Waals surface area contributed by atoms with Gasteiger partial charge in [0.2, 0.25) is 0 Å². The lowest BCUT2D eigenvalue weighted by Crippen LogP contribution is -2.43. The summed E-state index contributed by atoms with van der Waals surface area (Å²) in [7, 11) is 2.17. The highest BCUT2D eigenvalue weighted by atomic mass is 16.5. The molecule has 0 saturated carbocycles. The third-order valence-electron chi connectivity index (χ3n) is 5.99. The first-order valence-corrected chi connectivity index (χ1v) is 10.9. The van der Waals surface area contributed by atoms with E-state index in [0.717, 1.165) is 73.8 Å². The highest BCUT2D eigenvalue weighted by Gasteiger charge is 2.20. The predicted molar refractivity (Wildman–Crippen MR) is 120 cm³/mol. The SMILES string of the molecule is CN1CCN(Cc2cnc3c(N4CCOCC4)nc(-c4cccc(O)c4)nc3c2)CC1. The van der Waals surface area contributed by atoms with Crippen LogP contribution in [0, 0.1) is 0 Å². The number of benzene rings is 1. The van der Waals surface area contributed by atoms with E-state index < -0.39 is 0 Å². The first-order valence-electron chi connectivity index (χ1n) is 10.9. The Kier molecular flexibility index (Phi) is 5.67. The summed E-state index contributed by atoms with van der Waals surface area (Å²) in [4.78, 5) is 21.5. The molecular formula is C23H28N6O2. The van der Waals surface area contributed by atoms with Gasteiger partial charge in [0.1, 0.15) is 11.3 Å². The second-order valence-corrected chi connectivity index (χ2v) is 8.31. The van der Waals surface area contributed by atoms with Crippen LogP contribution in [0.15, 0.2) is 36.5 Å². The number of fused-ring (bicyclic) bond motifs is 1. The number of likely N-dealkylation sites (N-methyl/N-ethyl adjacent to an activating group) is 1. The van der Waals surface area contributed by atoms with E-state index >= 15 is 0 Å². The number of aromatic hydroxyl groups is 1. The lowest BCUT2D eigenvalue weighted by atomic mass is 10.1. The smallest absolute Gasteiger partial charge is 0.162 e. The second kappa shape index (κ2) is 8.74. The zero-order chi connectivity index (χ0) is 21.2. The molecular weight excluding hydrogens is 392 g/mol. The van der Waals surface area contributed by atoms with E-state index in [9.17, 15) is 5.11 Å². The lowest BCUT2D eigenvalue weighted by Gasteiger charge is -2.32. The first kappa shape index (κ1) is 20.1. The maximum absolute atomic E-state index is 9.95. The largest absolute Gasteiger partial charge is 0.508 e. The molecule has 31 heavy (non-hydrogen) atoms. The number of rotatable bonds is 4. The average molecular weight is 421 g/mol. The topological polar surface area (TPSA) is 77.9 Å². The molecule has 0 amide bonds. The number of piperazine rings is 1. The van der Waals surface area contributed by atoms with Gasteiger partial charge in [0.05, 0.1) is 18.7 Å². The quantitative estimate of drug-likeness (QED) is 0.687. The Morgan fingerprint density at radius 3 is 2.58 bits per heavy atom. The predicted octanol–water partition coefficient (Wildman–Crippen LogP) is 1.98. The first-order chi connectivity index (χ1) is 15.2. The number of ether oxygens (including phenoxy) is 1. The summed E-state index contributed by atoms with van der Waals surface area (Å²) in [5, 5.41) is 9.95. The van der Waals surface area contributed by atoms with Crippen molar-refractivity contribution in [2.75, 3.05) is 64.4 Å². The number of aromatic nitrogens is 3. The van der Waals surface area contributed by atoms with Gasteiger partial charge >= 0.3 is 0 Å². The van der Waals surface area contributed by atoms with Crippen LogP contribution < -0.4 is 4.90 Å². The fourth-order valence-corrected chi connectivity index (χ4v) is 4.17. The minimum atomic E-state index is 0.205. The fourth-order valence-electron chi connectivity index (χ4n) is 4.17. The molecule has 3 aromatic rings. The molecule has 2 aliphatic heterocycles. The minimum Gasteiger partial charge on any atom is -0.508 e. The normalized spacial score (nSPS) is 18.5. The molecule has 162 valence electrons. The van der Waals surface area contributed by atoms with Crippen molar-refractivity contribution in [1.82, 2.24) is 24.8 Å². The summed E-state index contributed by atoms with van der Waals surface area (Å²) in [6.07, 6.45) is 1.96. The molecule has 0 atom stereocenters. The van der Waals surface area contributed by atoms with Crippen molar-refractivity contribution in [3.05, 3.63) is 42.1 Å². The number of morpholine rings is 1. The fraction of sp³-hybridized carbons (Fsp3) is 0.435. The van der Waals surface area contributed by atoms with Gasteiger partial charge in [-0.2, -0.15) is 0 Å². The number of hydrogen-bond acceptors (Lipinski definition) is 8. The molecule has 8 heteroatoms. The second-order valence-electron chi connectivity index (χ2n) is 8.31. The molecule has 0 radical (unpaired) electrons. The molecule has 2 saturated heterocycles. The summed E-state index contributed by atoms with van der Waals surface area (Å²) in [6.45, 7) is 8.07. The van der Waals surface area contributed by atoms with Crippen LogP contribution in [0.5, 0.6) is 5.75 Å². The molecule has 0 spiro atoms. The number of nitrogens with zero attached hydrogens (tertiary/aromatic N) is 6. The number of anilines is 1. The van der Waals surface area contributed by atoms with E-state index in [1.807, 2.05) is 18.3 Å². The van der Waals surface area contributed by atoms with Gasteiger partial charge < -0.3 is 19.6 Å². The molecule has 2 fully saturated rings. The Balaban J connectivity index is 1.54. The Morgan fingerprint density at radius 1 is 1.00 bits per heavy atom. The van der Waals surface area contributed by atoms with Crippen LogP contribution in [0.25, 0.3) is 22.4 Å². The molecule has 2 aromatic heterocycles. The minimum absolute atomic E-state index is 0.205. The Bertz CT molecular complexity index is 1060. The monoisotopic (exact) mass is 420 g/mol. The van der Waals surface area contributed by atoms with Crippen LogP contribution in [0.4, 0.5) is 5.82 Å². The summed E-state index contributed by atoms with van der Waals surface area (Å²) in [5.41, 5.74) is 3.60. The maximum Gasteiger partial charge on any atom is 0.162 e. The van der Waals surface area contributed by atoms with E-state index in [2.05, 4.69) is 27.8 Å². The highest BCUT2D eigenvalue weighted by Crippen LogP contribution is 2.29. The maximum atomic E-state index is 9.95. The summed E-state index contributed by atoms with van der Waals surface area (Å²) < 4.78 is 5.53. The standard InChI is InChI=1S/C23H28N6O2/c1-27-5-7-28(8-6-27)16-17-13-20-21(24-15-17)23(29-9-11-31-12-10-29)26-22(25-20)18-3-2-4-19(30)14-18/h2-4,13-15,30H,5-12,16H2,1H3. The number of phenolic OH excluding ortho intramolecular Hbond substituents is 1. The van der Waals surface area contributed by atoms with Crippen LogP contribution >= 0.6 is 0 Å². The Labute approximate surface area is 182 Å². The van der Waals surface area contributed by atoms with Crippen molar-refractivity contribution in [1.29, 1.82) is 0 Å². The van der Waals surface area contributed by atoms with E-state index in [-0.39, 0.29) is 5.75 Å². The third kappa shape index (κ3) is 4.46. The highest BCUT2D eigenvalue weighted by molar-refractivity contribution is 5.88. The van der Waals surface area contributed by atoms with Gasteiger partial charge in [-0.25, -0.2) is 9.97 Å². The van der Waals surface area contributed by atoms with Crippen molar-refractivity contribution >= 4 is 16.9 Å². The molecule has 0 aliphatic carbocycles. The molecule has 1 aromatic carbocycles. The summed E-state index contributed by atoms with van der Waals surface area (Å²) >= 11 is 0.